The van der Waals surface area contributed by atoms with Gasteiger partial charge in [0.25, 0.3) is 5.91 Å². The number of halogens is 2. The largest absolute Gasteiger partial charge is 0.452 e. The van der Waals surface area contributed by atoms with E-state index in [9.17, 15) is 9.59 Å². The number of aromatic nitrogens is 2. The number of thiazole rings is 1. The minimum absolute atomic E-state index is 0.0824. The van der Waals surface area contributed by atoms with Gasteiger partial charge < -0.3 is 4.74 Å². The summed E-state index contributed by atoms with van der Waals surface area (Å²) in [5, 5.41) is 5.05. The first-order valence-corrected chi connectivity index (χ1v) is 8.95. The quantitative estimate of drug-likeness (QED) is 0.503. The fourth-order valence-electron chi connectivity index (χ4n) is 1.98. The average Bonchev–Trinajstić information content (AvgIpc) is 3.11. The normalized spacial score (nSPS) is 10.4. The number of ether oxygens (including phenoxy) is 1. The van der Waals surface area contributed by atoms with Crippen LogP contribution in [-0.2, 0) is 9.53 Å². The average molecular weight is 408 g/mol. The Kier molecular flexibility index (Phi) is 5.82. The highest BCUT2D eigenvalue weighted by atomic mass is 35.5. The zero-order valence-corrected chi connectivity index (χ0v) is 15.4. The summed E-state index contributed by atoms with van der Waals surface area (Å²) in [6, 6.07) is 10.9. The Morgan fingerprint density at radius 3 is 2.69 bits per heavy atom. The number of amides is 1. The number of pyridine rings is 1. The third-order valence-electron chi connectivity index (χ3n) is 3.19. The summed E-state index contributed by atoms with van der Waals surface area (Å²) in [5.74, 6) is -1.23. The molecule has 2 aromatic heterocycles. The number of hydrogen-bond donors (Lipinski definition) is 1. The molecule has 26 heavy (non-hydrogen) atoms. The summed E-state index contributed by atoms with van der Waals surface area (Å²) >= 11 is 12.8. The molecule has 3 rings (SSSR count). The molecule has 6 nitrogen and oxygen atoms in total. The number of carbonyl (C=O) groups is 2. The molecule has 0 aliphatic carbocycles. The maximum Gasteiger partial charge on any atom is 0.340 e. The Balaban J connectivity index is 1.55. The molecule has 132 valence electrons. The van der Waals surface area contributed by atoms with Gasteiger partial charge in [-0.15, -0.1) is 11.3 Å². The van der Waals surface area contributed by atoms with Crippen LogP contribution in [0, 0.1) is 0 Å². The van der Waals surface area contributed by atoms with Gasteiger partial charge in [-0.05, 0) is 6.07 Å². The zero-order chi connectivity index (χ0) is 18.5. The lowest BCUT2D eigenvalue weighted by Gasteiger charge is -2.05. The molecule has 1 aromatic carbocycles. The lowest BCUT2D eigenvalue weighted by atomic mass is 10.2. The smallest absolute Gasteiger partial charge is 0.340 e. The molecule has 0 saturated carbocycles. The minimum Gasteiger partial charge on any atom is -0.452 e. The second-order valence-electron chi connectivity index (χ2n) is 5.02. The van der Waals surface area contributed by atoms with E-state index in [0.29, 0.717) is 5.13 Å². The molecule has 0 radical (unpaired) electrons. The molecule has 0 atom stereocenters. The lowest BCUT2D eigenvalue weighted by Crippen LogP contribution is -2.21. The van der Waals surface area contributed by atoms with E-state index in [1.807, 2.05) is 35.7 Å². The first kappa shape index (κ1) is 18.3. The van der Waals surface area contributed by atoms with E-state index >= 15 is 0 Å². The Morgan fingerprint density at radius 1 is 1.19 bits per heavy atom. The first-order valence-electron chi connectivity index (χ1n) is 7.32. The summed E-state index contributed by atoms with van der Waals surface area (Å²) in [7, 11) is 0. The number of carbonyl (C=O) groups excluding carboxylic acids is 2. The molecule has 2 heterocycles. The monoisotopic (exact) mass is 407 g/mol. The molecule has 0 spiro atoms. The van der Waals surface area contributed by atoms with E-state index < -0.39 is 18.5 Å². The van der Waals surface area contributed by atoms with Gasteiger partial charge in [0.2, 0.25) is 0 Å². The van der Waals surface area contributed by atoms with E-state index in [4.69, 9.17) is 27.9 Å². The summed E-state index contributed by atoms with van der Waals surface area (Å²) in [5.41, 5.74) is 1.81. The first-order chi connectivity index (χ1) is 12.5. The highest BCUT2D eigenvalue weighted by Gasteiger charge is 2.14. The number of anilines is 1. The van der Waals surface area contributed by atoms with Crippen molar-refractivity contribution in [3.05, 3.63) is 63.7 Å². The zero-order valence-electron chi connectivity index (χ0n) is 13.1. The lowest BCUT2D eigenvalue weighted by molar-refractivity contribution is -0.119. The van der Waals surface area contributed by atoms with Gasteiger partial charge in [-0.3, -0.25) is 10.1 Å². The maximum atomic E-state index is 11.9. The van der Waals surface area contributed by atoms with Gasteiger partial charge in [-0.2, -0.15) is 0 Å². The van der Waals surface area contributed by atoms with E-state index in [0.717, 1.165) is 11.3 Å². The molecule has 0 aliphatic rings. The Hall–Kier alpha value is -2.48. The number of benzene rings is 1. The fraction of sp³-hybridized carbons (Fsp3) is 0.0588. The Labute approximate surface area is 162 Å². The van der Waals surface area contributed by atoms with Crippen LogP contribution >= 0.6 is 34.5 Å². The van der Waals surface area contributed by atoms with E-state index in [1.165, 1.54) is 23.6 Å². The van der Waals surface area contributed by atoms with E-state index in [-0.39, 0.29) is 15.7 Å². The van der Waals surface area contributed by atoms with Crippen molar-refractivity contribution in [1.82, 2.24) is 9.97 Å². The molecule has 9 heteroatoms. The van der Waals surface area contributed by atoms with Crippen LogP contribution in [0.3, 0.4) is 0 Å². The van der Waals surface area contributed by atoms with Crippen molar-refractivity contribution >= 4 is 51.5 Å². The SMILES string of the molecule is O=C(COC(=O)c1cnc(Cl)c(Cl)c1)Nc1nc(-c2ccccc2)cs1. The van der Waals surface area contributed by atoms with Crippen molar-refractivity contribution in [2.45, 2.75) is 0 Å². The van der Waals surface area contributed by atoms with E-state index in [1.54, 1.807) is 0 Å². The standard InChI is InChI=1S/C17H11Cl2N3O3S/c18-12-6-11(7-20-15(12)19)16(24)25-8-14(23)22-17-21-13(9-26-17)10-4-2-1-3-5-10/h1-7,9H,8H2,(H,21,22,23). The second-order valence-corrected chi connectivity index (χ2v) is 6.65. The molecule has 1 N–H and O–H groups in total. The predicted octanol–water partition coefficient (Wildman–Crippen LogP) is 4.31. The van der Waals surface area contributed by atoms with Gasteiger partial charge >= 0.3 is 5.97 Å². The van der Waals surface area contributed by atoms with Crippen LogP contribution in [-0.4, -0.2) is 28.5 Å². The molecule has 3 aromatic rings. The minimum atomic E-state index is -0.727. The van der Waals surface area contributed by atoms with Crippen LogP contribution < -0.4 is 5.32 Å². The molecule has 0 bridgehead atoms. The van der Waals surface area contributed by atoms with Crippen LogP contribution in [0.15, 0.2) is 48.0 Å². The van der Waals surface area contributed by atoms with Gasteiger partial charge in [0.05, 0.1) is 16.3 Å². The molecular weight excluding hydrogens is 397 g/mol. The number of rotatable bonds is 5. The number of hydrogen-bond acceptors (Lipinski definition) is 6. The van der Waals surface area contributed by atoms with E-state index in [2.05, 4.69) is 15.3 Å². The Morgan fingerprint density at radius 2 is 1.96 bits per heavy atom. The van der Waals surface area contributed by atoms with Crippen molar-refractivity contribution in [2.75, 3.05) is 11.9 Å². The molecule has 0 aliphatic heterocycles. The third-order valence-corrected chi connectivity index (χ3v) is 4.63. The topological polar surface area (TPSA) is 81.2 Å². The molecule has 0 unspecified atom stereocenters. The van der Waals surface area contributed by atoms with Crippen LogP contribution in [0.2, 0.25) is 10.2 Å². The molecule has 1 amide bonds. The number of esters is 1. The van der Waals surface area contributed by atoms with Gasteiger partial charge in [0.1, 0.15) is 5.15 Å². The summed E-state index contributed by atoms with van der Waals surface area (Å²) in [6.45, 7) is -0.459. The predicted molar refractivity (Wildman–Crippen MR) is 101 cm³/mol. The van der Waals surface area contributed by atoms with Gasteiger partial charge in [0, 0.05) is 17.1 Å². The van der Waals surface area contributed by atoms with Crippen LogP contribution in [0.25, 0.3) is 11.3 Å². The van der Waals surface area contributed by atoms with Crippen LogP contribution in [0.4, 0.5) is 5.13 Å². The second kappa shape index (κ2) is 8.27. The summed E-state index contributed by atoms with van der Waals surface area (Å²) in [4.78, 5) is 31.9. The van der Waals surface area contributed by atoms with Crippen molar-refractivity contribution in [2.24, 2.45) is 0 Å². The highest BCUT2D eigenvalue weighted by Crippen LogP contribution is 2.24. The fourth-order valence-corrected chi connectivity index (χ4v) is 2.98. The van der Waals surface area contributed by atoms with Crippen molar-refractivity contribution < 1.29 is 14.3 Å². The van der Waals surface area contributed by atoms with Crippen LogP contribution in [0.5, 0.6) is 0 Å². The molecule has 0 fully saturated rings. The molecule has 0 saturated heterocycles. The summed E-state index contributed by atoms with van der Waals surface area (Å²) in [6.07, 6.45) is 1.22. The van der Waals surface area contributed by atoms with Crippen molar-refractivity contribution in [3.8, 4) is 11.3 Å². The number of nitrogens with one attached hydrogen (secondary N) is 1. The highest BCUT2D eigenvalue weighted by molar-refractivity contribution is 7.14. The third kappa shape index (κ3) is 4.57. The van der Waals surface area contributed by atoms with Gasteiger partial charge in [-0.25, -0.2) is 14.8 Å². The van der Waals surface area contributed by atoms with Gasteiger partial charge in [-0.1, -0.05) is 53.5 Å². The van der Waals surface area contributed by atoms with Crippen molar-refractivity contribution in [3.63, 3.8) is 0 Å². The van der Waals surface area contributed by atoms with Crippen LogP contribution in [0.1, 0.15) is 10.4 Å². The maximum absolute atomic E-state index is 11.9. The summed E-state index contributed by atoms with van der Waals surface area (Å²) < 4.78 is 4.93. The number of nitrogens with zero attached hydrogens (tertiary/aromatic N) is 2. The van der Waals surface area contributed by atoms with Crippen molar-refractivity contribution in [1.29, 1.82) is 0 Å². The van der Waals surface area contributed by atoms with Gasteiger partial charge in [0.15, 0.2) is 11.7 Å². The molecular formula is C17H11Cl2N3O3S. The Bertz CT molecular complexity index is 947.